The van der Waals surface area contributed by atoms with E-state index in [9.17, 15) is 13.5 Å². The minimum absolute atomic E-state index is 0.226. The average molecular weight is 418 g/mol. The topological polar surface area (TPSA) is 92.6 Å². The zero-order valence-electron chi connectivity index (χ0n) is 16.9. The summed E-state index contributed by atoms with van der Waals surface area (Å²) in [5, 5.41) is 10.7. The number of hydrogen-bond acceptors (Lipinski definition) is 7. The van der Waals surface area contributed by atoms with Gasteiger partial charge in [0.25, 0.3) is 0 Å². The Labute approximate surface area is 171 Å². The van der Waals surface area contributed by atoms with E-state index in [4.69, 9.17) is 4.74 Å². The van der Waals surface area contributed by atoms with E-state index in [1.54, 1.807) is 12.1 Å². The van der Waals surface area contributed by atoms with Crippen molar-refractivity contribution in [3.05, 3.63) is 41.9 Å². The Kier molecular flexibility index (Phi) is 5.25. The molecule has 7 nitrogen and oxygen atoms in total. The van der Waals surface area contributed by atoms with Crippen molar-refractivity contribution in [1.29, 1.82) is 0 Å². The second-order valence-electron chi connectivity index (χ2n) is 8.28. The van der Waals surface area contributed by atoms with Gasteiger partial charge in [-0.25, -0.2) is 13.4 Å². The molecule has 156 valence electrons. The standard InChI is InChI=1S/C21H27N3O4S/c1-13-4-6-19(14(2)23-13)28-20-9-16-12-24(11-15(16)8-18(20)25)21-7-5-17(10-22-21)29(3,26)27/h4-7,10,15-16,18,20,25H,8-9,11-12H2,1-3H3/t15-,16+,18+,20+/m0/s1. The van der Waals surface area contributed by atoms with Crippen LogP contribution in [-0.2, 0) is 9.84 Å². The normalized spacial score (nSPS) is 27.0. The molecular formula is C21H27N3O4S. The van der Waals surface area contributed by atoms with Gasteiger partial charge in [0.15, 0.2) is 9.84 Å². The molecule has 29 heavy (non-hydrogen) atoms. The van der Waals surface area contributed by atoms with Crippen LogP contribution in [0.1, 0.15) is 24.2 Å². The minimum atomic E-state index is -3.25. The molecule has 3 heterocycles. The summed E-state index contributed by atoms with van der Waals surface area (Å²) in [7, 11) is -3.25. The van der Waals surface area contributed by atoms with Crippen molar-refractivity contribution in [3.8, 4) is 5.75 Å². The van der Waals surface area contributed by atoms with Crippen molar-refractivity contribution in [3.63, 3.8) is 0 Å². The number of nitrogens with zero attached hydrogens (tertiary/aromatic N) is 3. The van der Waals surface area contributed by atoms with Crippen LogP contribution in [-0.4, -0.2) is 55.0 Å². The number of aryl methyl sites for hydroxylation is 2. The highest BCUT2D eigenvalue weighted by Gasteiger charge is 2.43. The Morgan fingerprint density at radius 2 is 1.83 bits per heavy atom. The number of aliphatic hydroxyl groups is 1. The molecule has 2 aromatic heterocycles. The van der Waals surface area contributed by atoms with Gasteiger partial charge < -0.3 is 14.7 Å². The highest BCUT2D eigenvalue weighted by molar-refractivity contribution is 7.90. The first kappa shape index (κ1) is 20.1. The lowest BCUT2D eigenvalue weighted by molar-refractivity contribution is -0.0236. The third-order valence-corrected chi connectivity index (χ3v) is 7.11. The fourth-order valence-corrected chi connectivity index (χ4v) is 5.00. The summed E-state index contributed by atoms with van der Waals surface area (Å²) in [6, 6.07) is 7.21. The van der Waals surface area contributed by atoms with Crippen molar-refractivity contribution in [1.82, 2.24) is 9.97 Å². The van der Waals surface area contributed by atoms with Gasteiger partial charge in [-0.3, -0.25) is 4.98 Å². The molecule has 1 N–H and O–H groups in total. The quantitative estimate of drug-likeness (QED) is 0.815. The lowest BCUT2D eigenvalue weighted by Gasteiger charge is -2.35. The Morgan fingerprint density at radius 3 is 2.45 bits per heavy atom. The fraction of sp³-hybridized carbons (Fsp3) is 0.524. The number of ether oxygens (including phenoxy) is 1. The molecule has 2 aliphatic rings. The molecule has 0 bridgehead atoms. The maximum Gasteiger partial charge on any atom is 0.177 e. The van der Waals surface area contributed by atoms with E-state index in [1.165, 1.54) is 12.5 Å². The van der Waals surface area contributed by atoms with Crippen LogP contribution in [0.25, 0.3) is 0 Å². The van der Waals surface area contributed by atoms with Crippen LogP contribution in [0.4, 0.5) is 5.82 Å². The Balaban J connectivity index is 1.44. The molecule has 1 aliphatic carbocycles. The summed E-state index contributed by atoms with van der Waals surface area (Å²) in [6.07, 6.45) is 3.29. The van der Waals surface area contributed by atoms with Crippen molar-refractivity contribution in [2.75, 3.05) is 24.2 Å². The molecule has 4 rings (SSSR count). The van der Waals surface area contributed by atoms with E-state index in [-0.39, 0.29) is 11.0 Å². The predicted octanol–water partition coefficient (Wildman–Crippen LogP) is 2.15. The fourth-order valence-electron chi connectivity index (χ4n) is 4.44. The van der Waals surface area contributed by atoms with E-state index in [0.29, 0.717) is 18.3 Å². The number of rotatable bonds is 4. The number of hydrogen-bond donors (Lipinski definition) is 1. The van der Waals surface area contributed by atoms with Gasteiger partial charge in [0.1, 0.15) is 17.7 Å². The SMILES string of the molecule is Cc1ccc(O[C@@H]2C[C@@H]3CN(c4ccc(S(C)(=O)=O)cn4)C[C@@H]3C[C@H]2O)c(C)n1. The summed E-state index contributed by atoms with van der Waals surface area (Å²) in [6.45, 7) is 5.50. The first-order valence-electron chi connectivity index (χ1n) is 9.91. The molecule has 2 aromatic rings. The van der Waals surface area contributed by atoms with E-state index in [0.717, 1.165) is 42.5 Å². The van der Waals surface area contributed by atoms with Gasteiger partial charge in [0.2, 0.25) is 0 Å². The van der Waals surface area contributed by atoms with Gasteiger partial charge in [-0.1, -0.05) is 0 Å². The number of aliphatic hydroxyl groups excluding tert-OH is 1. The van der Waals surface area contributed by atoms with E-state index in [2.05, 4.69) is 14.9 Å². The first-order valence-corrected chi connectivity index (χ1v) is 11.8. The zero-order chi connectivity index (χ0) is 20.8. The van der Waals surface area contributed by atoms with Crippen molar-refractivity contribution in [2.24, 2.45) is 11.8 Å². The van der Waals surface area contributed by atoms with Crippen LogP contribution in [0.15, 0.2) is 35.4 Å². The largest absolute Gasteiger partial charge is 0.486 e. The van der Waals surface area contributed by atoms with Gasteiger partial charge >= 0.3 is 0 Å². The predicted molar refractivity (Wildman–Crippen MR) is 110 cm³/mol. The van der Waals surface area contributed by atoms with Gasteiger partial charge in [0.05, 0.1) is 16.7 Å². The Hall–Kier alpha value is -2.19. The molecule has 1 aliphatic heterocycles. The molecule has 4 atom stereocenters. The molecule has 0 amide bonds. The summed E-state index contributed by atoms with van der Waals surface area (Å²) in [5.41, 5.74) is 1.78. The maximum absolute atomic E-state index is 11.6. The van der Waals surface area contributed by atoms with E-state index < -0.39 is 15.9 Å². The molecule has 2 fully saturated rings. The average Bonchev–Trinajstić information content (AvgIpc) is 3.06. The second-order valence-corrected chi connectivity index (χ2v) is 10.3. The van der Waals surface area contributed by atoms with Crippen LogP contribution in [0.3, 0.4) is 0 Å². The highest BCUT2D eigenvalue weighted by Crippen LogP contribution is 2.39. The Morgan fingerprint density at radius 1 is 1.10 bits per heavy atom. The molecule has 0 spiro atoms. The Bertz CT molecular complexity index is 993. The van der Waals surface area contributed by atoms with E-state index in [1.807, 2.05) is 26.0 Å². The molecule has 8 heteroatoms. The minimum Gasteiger partial charge on any atom is -0.486 e. The lowest BCUT2D eigenvalue weighted by atomic mass is 9.78. The number of fused-ring (bicyclic) bond motifs is 1. The van der Waals surface area contributed by atoms with Crippen molar-refractivity contribution in [2.45, 2.75) is 43.8 Å². The molecule has 0 aromatic carbocycles. The summed E-state index contributed by atoms with van der Waals surface area (Å²) < 4.78 is 29.4. The summed E-state index contributed by atoms with van der Waals surface area (Å²) in [4.78, 5) is 11.2. The number of pyridine rings is 2. The monoisotopic (exact) mass is 417 g/mol. The van der Waals surface area contributed by atoms with E-state index >= 15 is 0 Å². The molecule has 1 saturated heterocycles. The van der Waals surface area contributed by atoms with Gasteiger partial charge in [-0.05, 0) is 62.8 Å². The molecule has 0 radical (unpaired) electrons. The molecule has 1 saturated carbocycles. The van der Waals surface area contributed by atoms with Gasteiger partial charge in [-0.15, -0.1) is 0 Å². The third kappa shape index (κ3) is 4.23. The van der Waals surface area contributed by atoms with Crippen LogP contribution in [0, 0.1) is 25.7 Å². The summed E-state index contributed by atoms with van der Waals surface area (Å²) >= 11 is 0. The zero-order valence-corrected chi connectivity index (χ0v) is 17.8. The first-order chi connectivity index (χ1) is 13.7. The van der Waals surface area contributed by atoms with Gasteiger partial charge in [0, 0.05) is 31.2 Å². The smallest absolute Gasteiger partial charge is 0.177 e. The van der Waals surface area contributed by atoms with Crippen LogP contribution in [0.5, 0.6) is 5.75 Å². The lowest BCUT2D eigenvalue weighted by Crippen LogP contribution is -2.42. The van der Waals surface area contributed by atoms with Crippen molar-refractivity contribution >= 4 is 15.7 Å². The number of anilines is 1. The van der Waals surface area contributed by atoms with Crippen molar-refractivity contribution < 1.29 is 18.3 Å². The van der Waals surface area contributed by atoms with Crippen LogP contribution < -0.4 is 9.64 Å². The molecule has 0 unspecified atom stereocenters. The van der Waals surface area contributed by atoms with Crippen LogP contribution >= 0.6 is 0 Å². The maximum atomic E-state index is 11.6. The van der Waals surface area contributed by atoms with Gasteiger partial charge in [-0.2, -0.15) is 0 Å². The number of sulfone groups is 1. The second kappa shape index (κ2) is 7.57. The number of aromatic nitrogens is 2. The highest BCUT2D eigenvalue weighted by atomic mass is 32.2. The third-order valence-electron chi connectivity index (χ3n) is 6.01. The summed E-state index contributed by atoms with van der Waals surface area (Å²) in [5.74, 6) is 2.28. The van der Waals surface area contributed by atoms with Crippen LogP contribution in [0.2, 0.25) is 0 Å². The molecular weight excluding hydrogens is 390 g/mol.